The van der Waals surface area contributed by atoms with E-state index in [4.69, 9.17) is 16.1 Å². The minimum Gasteiger partial charge on any atom is -0.334 e. The first-order chi connectivity index (χ1) is 14.2. The summed E-state index contributed by atoms with van der Waals surface area (Å²) in [7, 11) is 0. The van der Waals surface area contributed by atoms with Crippen LogP contribution in [0.5, 0.6) is 0 Å². The molecule has 0 fully saturated rings. The number of nitrogens with one attached hydrogen (secondary N) is 1. The summed E-state index contributed by atoms with van der Waals surface area (Å²) in [5.41, 5.74) is 2.16. The van der Waals surface area contributed by atoms with Crippen LogP contribution in [0.25, 0.3) is 22.8 Å². The lowest BCUT2D eigenvalue weighted by molar-refractivity contribution is -0.113. The Morgan fingerprint density at radius 3 is 2.48 bits per heavy atom. The smallest absolute Gasteiger partial charge is 0.260 e. The van der Waals surface area contributed by atoms with Gasteiger partial charge in [0.05, 0.1) is 17.0 Å². The Kier molecular flexibility index (Phi) is 5.93. The van der Waals surface area contributed by atoms with Crippen molar-refractivity contribution in [3.63, 3.8) is 0 Å². The number of anilines is 1. The summed E-state index contributed by atoms with van der Waals surface area (Å²) in [4.78, 5) is 17.9. The third-order valence-electron chi connectivity index (χ3n) is 4.07. The molecule has 1 amide bonds. The number of benzene rings is 3. The van der Waals surface area contributed by atoms with Gasteiger partial charge in [0, 0.05) is 15.5 Å². The lowest BCUT2D eigenvalue weighted by Gasteiger charge is -2.08. The zero-order valence-corrected chi connectivity index (χ0v) is 16.8. The predicted molar refractivity (Wildman–Crippen MR) is 116 cm³/mol. The highest BCUT2D eigenvalue weighted by Crippen LogP contribution is 2.29. The van der Waals surface area contributed by atoms with E-state index in [1.54, 1.807) is 12.1 Å². The summed E-state index contributed by atoms with van der Waals surface area (Å²) in [6.45, 7) is 0. The summed E-state index contributed by atoms with van der Waals surface area (Å²) in [6.07, 6.45) is 0. The van der Waals surface area contributed by atoms with Crippen LogP contribution in [0.1, 0.15) is 0 Å². The molecule has 0 radical (unpaired) electrons. The van der Waals surface area contributed by atoms with Crippen LogP contribution in [0, 0.1) is 0 Å². The Labute approximate surface area is 177 Å². The normalized spacial score (nSPS) is 10.7. The first-order valence-corrected chi connectivity index (χ1v) is 10.2. The van der Waals surface area contributed by atoms with Gasteiger partial charge in [0.2, 0.25) is 11.7 Å². The minimum atomic E-state index is -0.125. The van der Waals surface area contributed by atoms with Gasteiger partial charge in [-0.15, -0.1) is 11.8 Å². The Morgan fingerprint density at radius 2 is 1.69 bits per heavy atom. The van der Waals surface area contributed by atoms with Gasteiger partial charge in [0.15, 0.2) is 0 Å². The number of carbonyl (C=O) groups excluding carboxylic acids is 1. The van der Waals surface area contributed by atoms with Crippen LogP contribution < -0.4 is 5.32 Å². The molecule has 0 bridgehead atoms. The molecule has 0 spiro atoms. The lowest BCUT2D eigenvalue weighted by Crippen LogP contribution is -2.14. The Morgan fingerprint density at radius 1 is 0.966 bits per heavy atom. The molecule has 29 heavy (non-hydrogen) atoms. The van der Waals surface area contributed by atoms with Crippen molar-refractivity contribution in [3.8, 4) is 22.8 Å². The lowest BCUT2D eigenvalue weighted by atomic mass is 10.1. The second-order valence-electron chi connectivity index (χ2n) is 6.13. The van der Waals surface area contributed by atoms with Crippen molar-refractivity contribution < 1.29 is 9.32 Å². The molecule has 1 heterocycles. The Balaban J connectivity index is 1.48. The molecule has 0 unspecified atom stereocenters. The predicted octanol–water partition coefficient (Wildman–Crippen LogP) is 5.79. The topological polar surface area (TPSA) is 68.0 Å². The van der Waals surface area contributed by atoms with Crippen LogP contribution in [-0.4, -0.2) is 21.8 Å². The highest BCUT2D eigenvalue weighted by molar-refractivity contribution is 8.00. The second kappa shape index (κ2) is 8.94. The van der Waals surface area contributed by atoms with Gasteiger partial charge >= 0.3 is 0 Å². The van der Waals surface area contributed by atoms with Crippen LogP contribution in [-0.2, 0) is 4.79 Å². The van der Waals surface area contributed by atoms with Gasteiger partial charge in [-0.1, -0.05) is 59.2 Å². The molecular weight excluding hydrogens is 406 g/mol. The number of hydrogen-bond donors (Lipinski definition) is 1. The molecule has 4 aromatic rings. The highest BCUT2D eigenvalue weighted by Gasteiger charge is 2.15. The van der Waals surface area contributed by atoms with Crippen molar-refractivity contribution in [1.82, 2.24) is 10.1 Å². The zero-order chi connectivity index (χ0) is 20.1. The molecule has 4 rings (SSSR count). The molecule has 0 aliphatic heterocycles. The van der Waals surface area contributed by atoms with Gasteiger partial charge in [-0.25, -0.2) is 0 Å². The molecular formula is C22H16ClN3O2S. The largest absolute Gasteiger partial charge is 0.334 e. The van der Waals surface area contributed by atoms with E-state index in [0.29, 0.717) is 28.0 Å². The number of nitrogens with zero attached hydrogens (tertiary/aromatic N) is 2. The van der Waals surface area contributed by atoms with E-state index in [-0.39, 0.29) is 11.7 Å². The fraction of sp³-hybridized carbons (Fsp3) is 0.0455. The highest BCUT2D eigenvalue weighted by atomic mass is 35.5. The molecule has 3 aromatic carbocycles. The van der Waals surface area contributed by atoms with Gasteiger partial charge in [-0.3, -0.25) is 4.79 Å². The molecule has 0 atom stereocenters. The molecule has 1 aromatic heterocycles. The van der Waals surface area contributed by atoms with E-state index in [2.05, 4.69) is 15.5 Å². The fourth-order valence-electron chi connectivity index (χ4n) is 2.68. The maximum atomic E-state index is 12.4. The van der Waals surface area contributed by atoms with E-state index < -0.39 is 0 Å². The number of carbonyl (C=O) groups is 1. The molecule has 0 saturated carbocycles. The maximum Gasteiger partial charge on any atom is 0.260 e. The number of hydrogen-bond acceptors (Lipinski definition) is 5. The summed E-state index contributed by atoms with van der Waals surface area (Å²) in [5, 5.41) is 7.65. The van der Waals surface area contributed by atoms with Gasteiger partial charge < -0.3 is 9.84 Å². The minimum absolute atomic E-state index is 0.125. The average Bonchev–Trinajstić information content (AvgIpc) is 3.24. The van der Waals surface area contributed by atoms with E-state index in [9.17, 15) is 4.79 Å². The van der Waals surface area contributed by atoms with Gasteiger partial charge in [-0.2, -0.15) is 4.98 Å². The third kappa shape index (κ3) is 4.85. The number of rotatable bonds is 6. The summed E-state index contributed by atoms with van der Waals surface area (Å²) < 4.78 is 5.44. The van der Waals surface area contributed by atoms with Gasteiger partial charge in [0.25, 0.3) is 5.89 Å². The van der Waals surface area contributed by atoms with Crippen molar-refractivity contribution in [3.05, 3.63) is 83.9 Å². The number of para-hydroxylation sites is 1. The van der Waals surface area contributed by atoms with E-state index in [1.165, 1.54) is 11.8 Å². The van der Waals surface area contributed by atoms with Crippen LogP contribution in [0.3, 0.4) is 0 Å². The third-order valence-corrected chi connectivity index (χ3v) is 5.34. The number of amides is 1. The standard InChI is InChI=1S/C22H16ClN3O2S/c23-16-10-12-17(13-11-16)29-14-20(27)24-19-9-5-4-8-18(19)22-25-21(26-28-22)15-6-2-1-3-7-15/h1-13H,14H2,(H,24,27). The molecule has 7 heteroatoms. The van der Waals surface area contributed by atoms with Crippen LogP contribution in [0.15, 0.2) is 88.3 Å². The summed E-state index contributed by atoms with van der Waals surface area (Å²) in [5.74, 6) is 1.00. The van der Waals surface area contributed by atoms with Crippen LogP contribution >= 0.6 is 23.4 Å². The summed E-state index contributed by atoms with van der Waals surface area (Å²) in [6, 6.07) is 24.3. The molecule has 1 N–H and O–H groups in total. The monoisotopic (exact) mass is 421 g/mol. The maximum absolute atomic E-state index is 12.4. The molecule has 0 aliphatic carbocycles. The first-order valence-electron chi connectivity index (χ1n) is 8.86. The van der Waals surface area contributed by atoms with E-state index in [1.807, 2.05) is 66.7 Å². The SMILES string of the molecule is O=C(CSc1ccc(Cl)cc1)Nc1ccccc1-c1nc(-c2ccccc2)no1. The van der Waals surface area contributed by atoms with Crippen molar-refractivity contribution in [2.45, 2.75) is 4.90 Å². The quantitative estimate of drug-likeness (QED) is 0.399. The number of thioether (sulfide) groups is 1. The van der Waals surface area contributed by atoms with Crippen LogP contribution in [0.2, 0.25) is 5.02 Å². The Hall–Kier alpha value is -3.09. The molecule has 5 nitrogen and oxygen atoms in total. The van der Waals surface area contributed by atoms with E-state index in [0.717, 1.165) is 10.5 Å². The van der Waals surface area contributed by atoms with Crippen LogP contribution in [0.4, 0.5) is 5.69 Å². The molecule has 0 aliphatic rings. The number of halogens is 1. The van der Waals surface area contributed by atoms with Crippen molar-refractivity contribution in [2.75, 3.05) is 11.1 Å². The zero-order valence-electron chi connectivity index (χ0n) is 15.2. The average molecular weight is 422 g/mol. The fourth-order valence-corrected chi connectivity index (χ4v) is 3.51. The first kappa shape index (κ1) is 19.2. The second-order valence-corrected chi connectivity index (χ2v) is 7.61. The summed E-state index contributed by atoms with van der Waals surface area (Å²) >= 11 is 7.33. The molecule has 144 valence electrons. The van der Waals surface area contributed by atoms with Crippen molar-refractivity contribution >= 4 is 35.0 Å². The Bertz CT molecular complexity index is 1110. The van der Waals surface area contributed by atoms with Gasteiger partial charge in [-0.05, 0) is 36.4 Å². The van der Waals surface area contributed by atoms with Gasteiger partial charge in [0.1, 0.15) is 0 Å². The number of aromatic nitrogens is 2. The van der Waals surface area contributed by atoms with Crippen molar-refractivity contribution in [2.24, 2.45) is 0 Å². The van der Waals surface area contributed by atoms with Crippen molar-refractivity contribution in [1.29, 1.82) is 0 Å². The molecule has 0 saturated heterocycles. The van der Waals surface area contributed by atoms with E-state index >= 15 is 0 Å².